The van der Waals surface area contributed by atoms with Gasteiger partial charge in [-0.05, 0) is 30.9 Å². The van der Waals surface area contributed by atoms with Crippen molar-refractivity contribution in [2.45, 2.75) is 31.8 Å². The number of carbonyl (C=O) groups excluding carboxylic acids is 2. The van der Waals surface area contributed by atoms with E-state index in [-0.39, 0.29) is 11.8 Å². The zero-order valence-corrected chi connectivity index (χ0v) is 12.9. The Labute approximate surface area is 135 Å². The lowest BCUT2D eigenvalue weighted by Crippen LogP contribution is -2.51. The highest BCUT2D eigenvalue weighted by Crippen LogP contribution is 2.20. The molecule has 0 bridgehead atoms. The zero-order valence-electron chi connectivity index (χ0n) is 12.9. The number of carbonyl (C=O) groups is 2. The van der Waals surface area contributed by atoms with Gasteiger partial charge in [-0.1, -0.05) is 30.3 Å². The summed E-state index contributed by atoms with van der Waals surface area (Å²) in [5.74, 6) is -0.233. The van der Waals surface area contributed by atoms with Crippen LogP contribution in [0, 0.1) is 0 Å². The first-order valence-electron chi connectivity index (χ1n) is 7.90. The summed E-state index contributed by atoms with van der Waals surface area (Å²) in [4.78, 5) is 26.7. The van der Waals surface area contributed by atoms with Crippen LogP contribution in [0.15, 0.2) is 53.3 Å². The predicted molar refractivity (Wildman–Crippen MR) is 85.7 cm³/mol. The second kappa shape index (κ2) is 7.13. The highest BCUT2D eigenvalue weighted by molar-refractivity contribution is 5.97. The first-order chi connectivity index (χ1) is 11.3. The summed E-state index contributed by atoms with van der Waals surface area (Å²) in [6.07, 6.45) is 5.48. The number of rotatable bonds is 4. The minimum absolute atomic E-state index is 0.0922. The van der Waals surface area contributed by atoms with E-state index >= 15 is 0 Å². The van der Waals surface area contributed by atoms with Crippen molar-refractivity contribution in [2.75, 3.05) is 6.54 Å². The van der Waals surface area contributed by atoms with Gasteiger partial charge in [0.05, 0.1) is 11.8 Å². The van der Waals surface area contributed by atoms with Gasteiger partial charge >= 0.3 is 0 Å². The third-order valence-corrected chi connectivity index (χ3v) is 4.14. The summed E-state index contributed by atoms with van der Waals surface area (Å²) >= 11 is 0. The molecule has 23 heavy (non-hydrogen) atoms. The molecule has 2 heterocycles. The second-order valence-electron chi connectivity index (χ2n) is 5.73. The van der Waals surface area contributed by atoms with E-state index in [2.05, 4.69) is 5.32 Å². The Hall–Kier alpha value is -2.56. The van der Waals surface area contributed by atoms with Crippen molar-refractivity contribution < 1.29 is 14.0 Å². The molecule has 1 aromatic heterocycles. The van der Waals surface area contributed by atoms with Gasteiger partial charge in [0.2, 0.25) is 5.91 Å². The maximum atomic E-state index is 12.5. The SMILES string of the molecule is O=C(NCc1ccccc1)C1CCCCN1C(=O)c1ccoc1. The molecule has 1 aliphatic rings. The van der Waals surface area contributed by atoms with Gasteiger partial charge in [0.25, 0.3) is 5.91 Å². The highest BCUT2D eigenvalue weighted by atomic mass is 16.3. The Morgan fingerprint density at radius 2 is 2.00 bits per heavy atom. The molecule has 0 aliphatic carbocycles. The maximum Gasteiger partial charge on any atom is 0.257 e. The van der Waals surface area contributed by atoms with Gasteiger partial charge in [0, 0.05) is 13.1 Å². The molecule has 1 saturated heterocycles. The summed E-state index contributed by atoms with van der Waals surface area (Å²) < 4.78 is 4.98. The van der Waals surface area contributed by atoms with Gasteiger partial charge in [0.1, 0.15) is 12.3 Å². The largest absolute Gasteiger partial charge is 0.472 e. The van der Waals surface area contributed by atoms with E-state index < -0.39 is 6.04 Å². The Morgan fingerprint density at radius 3 is 2.74 bits per heavy atom. The molecule has 1 aromatic carbocycles. The average Bonchev–Trinajstić information content (AvgIpc) is 3.14. The molecule has 1 atom stereocenters. The molecule has 1 N–H and O–H groups in total. The van der Waals surface area contributed by atoms with Crippen molar-refractivity contribution in [2.24, 2.45) is 0 Å². The third-order valence-electron chi connectivity index (χ3n) is 4.14. The predicted octanol–water partition coefficient (Wildman–Crippen LogP) is 2.59. The average molecular weight is 312 g/mol. The van der Waals surface area contributed by atoms with Crippen LogP contribution in [-0.4, -0.2) is 29.3 Å². The minimum atomic E-state index is -0.408. The Kier molecular flexibility index (Phi) is 4.76. The van der Waals surface area contributed by atoms with Crippen LogP contribution in [0.1, 0.15) is 35.2 Å². The molecule has 5 nitrogen and oxygen atoms in total. The molecular weight excluding hydrogens is 292 g/mol. The van der Waals surface area contributed by atoms with Crippen LogP contribution in [0.5, 0.6) is 0 Å². The lowest BCUT2D eigenvalue weighted by molar-refractivity contribution is -0.126. The summed E-state index contributed by atoms with van der Waals surface area (Å²) in [7, 11) is 0. The highest BCUT2D eigenvalue weighted by Gasteiger charge is 2.32. The molecule has 0 saturated carbocycles. The number of piperidine rings is 1. The van der Waals surface area contributed by atoms with Gasteiger partial charge in [0.15, 0.2) is 0 Å². The third kappa shape index (κ3) is 3.62. The van der Waals surface area contributed by atoms with Crippen LogP contribution in [0.3, 0.4) is 0 Å². The lowest BCUT2D eigenvalue weighted by Gasteiger charge is -2.34. The number of amides is 2. The Balaban J connectivity index is 1.66. The Morgan fingerprint density at radius 1 is 1.17 bits per heavy atom. The molecule has 0 radical (unpaired) electrons. The summed E-state index contributed by atoms with van der Waals surface area (Å²) in [6.45, 7) is 1.08. The lowest BCUT2D eigenvalue weighted by atomic mass is 10.0. The van der Waals surface area contributed by atoms with Crippen LogP contribution in [0.2, 0.25) is 0 Å². The molecule has 120 valence electrons. The normalized spacial score (nSPS) is 17.7. The number of nitrogens with one attached hydrogen (secondary N) is 1. The first kappa shape index (κ1) is 15.3. The number of hydrogen-bond acceptors (Lipinski definition) is 3. The van der Waals surface area contributed by atoms with Crippen LogP contribution in [-0.2, 0) is 11.3 Å². The maximum absolute atomic E-state index is 12.5. The van der Waals surface area contributed by atoms with E-state index in [1.54, 1.807) is 11.0 Å². The van der Waals surface area contributed by atoms with Gasteiger partial charge in [-0.15, -0.1) is 0 Å². The van der Waals surface area contributed by atoms with Crippen molar-refractivity contribution in [3.63, 3.8) is 0 Å². The molecule has 0 spiro atoms. The smallest absolute Gasteiger partial charge is 0.257 e. The monoisotopic (exact) mass is 312 g/mol. The topological polar surface area (TPSA) is 62.6 Å². The Bertz CT molecular complexity index is 652. The molecule has 1 fully saturated rings. The van der Waals surface area contributed by atoms with Gasteiger partial charge in [-0.25, -0.2) is 0 Å². The van der Waals surface area contributed by atoms with Crippen LogP contribution < -0.4 is 5.32 Å². The van der Waals surface area contributed by atoms with Gasteiger partial charge in [-0.2, -0.15) is 0 Å². The van der Waals surface area contributed by atoms with Crippen molar-refractivity contribution in [3.05, 3.63) is 60.1 Å². The molecule has 2 amide bonds. The standard InChI is InChI=1S/C18H20N2O3/c21-17(19-12-14-6-2-1-3-7-14)16-8-4-5-10-20(16)18(22)15-9-11-23-13-15/h1-3,6-7,9,11,13,16H,4-5,8,10,12H2,(H,19,21). The molecule has 1 aliphatic heterocycles. The van der Waals surface area contributed by atoms with Crippen molar-refractivity contribution in [3.8, 4) is 0 Å². The summed E-state index contributed by atoms with van der Waals surface area (Å²) in [5, 5.41) is 2.94. The first-order valence-corrected chi connectivity index (χ1v) is 7.90. The summed E-state index contributed by atoms with van der Waals surface area (Å²) in [5.41, 5.74) is 1.54. The fourth-order valence-electron chi connectivity index (χ4n) is 2.90. The quantitative estimate of drug-likeness (QED) is 0.944. The van der Waals surface area contributed by atoms with Crippen molar-refractivity contribution >= 4 is 11.8 Å². The van der Waals surface area contributed by atoms with Crippen LogP contribution >= 0.6 is 0 Å². The van der Waals surface area contributed by atoms with Gasteiger partial charge in [-0.3, -0.25) is 9.59 Å². The second-order valence-corrected chi connectivity index (χ2v) is 5.73. The molecule has 1 unspecified atom stereocenters. The van der Waals surface area contributed by atoms with Crippen molar-refractivity contribution in [1.29, 1.82) is 0 Å². The minimum Gasteiger partial charge on any atom is -0.472 e. The number of likely N-dealkylation sites (tertiary alicyclic amines) is 1. The molecule has 2 aromatic rings. The van der Waals surface area contributed by atoms with E-state index in [4.69, 9.17) is 4.42 Å². The van der Waals surface area contributed by atoms with Crippen LogP contribution in [0.4, 0.5) is 0 Å². The molecule has 5 heteroatoms. The van der Waals surface area contributed by atoms with E-state index in [9.17, 15) is 9.59 Å². The number of benzene rings is 1. The fourth-order valence-corrected chi connectivity index (χ4v) is 2.90. The number of furan rings is 1. The van der Waals surface area contributed by atoms with E-state index in [0.29, 0.717) is 25.1 Å². The van der Waals surface area contributed by atoms with E-state index in [0.717, 1.165) is 18.4 Å². The number of nitrogens with zero attached hydrogens (tertiary/aromatic N) is 1. The van der Waals surface area contributed by atoms with E-state index in [1.807, 2.05) is 30.3 Å². The van der Waals surface area contributed by atoms with Crippen molar-refractivity contribution in [1.82, 2.24) is 10.2 Å². The number of hydrogen-bond donors (Lipinski definition) is 1. The van der Waals surface area contributed by atoms with Crippen LogP contribution in [0.25, 0.3) is 0 Å². The molecular formula is C18H20N2O3. The summed E-state index contributed by atoms with van der Waals surface area (Å²) in [6, 6.07) is 11.0. The van der Waals surface area contributed by atoms with E-state index in [1.165, 1.54) is 12.5 Å². The van der Waals surface area contributed by atoms with Gasteiger partial charge < -0.3 is 14.6 Å². The fraction of sp³-hybridized carbons (Fsp3) is 0.333. The molecule has 3 rings (SSSR count). The zero-order chi connectivity index (χ0) is 16.1.